The van der Waals surface area contributed by atoms with Gasteiger partial charge in [-0.05, 0) is 49.5 Å². The molecular formula is C21H26BrF2N7O5S. The summed E-state index contributed by atoms with van der Waals surface area (Å²) in [5.41, 5.74) is -0.693. The van der Waals surface area contributed by atoms with Gasteiger partial charge in [0.25, 0.3) is 11.8 Å². The minimum atomic E-state index is -3.32. The number of thiazole rings is 1. The molecule has 16 heteroatoms. The van der Waals surface area contributed by atoms with E-state index in [1.165, 1.54) is 11.1 Å². The number of alkyl halides is 2. The van der Waals surface area contributed by atoms with Crippen LogP contribution in [-0.2, 0) is 4.74 Å². The molecule has 202 valence electrons. The minimum Gasteiger partial charge on any atom is -0.465 e. The summed E-state index contributed by atoms with van der Waals surface area (Å²) in [6, 6.07) is -0.00841. The molecule has 4 rings (SSSR count). The van der Waals surface area contributed by atoms with Crippen LogP contribution in [0.5, 0.6) is 0 Å². The molecule has 0 unspecified atom stereocenters. The Morgan fingerprint density at radius 2 is 1.92 bits per heavy atom. The van der Waals surface area contributed by atoms with Crippen LogP contribution >= 0.6 is 27.3 Å². The van der Waals surface area contributed by atoms with Crippen LogP contribution in [0.3, 0.4) is 0 Å². The molecule has 2 aromatic rings. The number of ether oxygens (including phenoxy) is 1. The van der Waals surface area contributed by atoms with Crippen molar-refractivity contribution in [2.45, 2.75) is 51.2 Å². The van der Waals surface area contributed by atoms with Gasteiger partial charge in [0.2, 0.25) is 0 Å². The molecule has 1 saturated heterocycles. The molecule has 1 saturated carbocycles. The largest absolute Gasteiger partial charge is 0.465 e. The smallest absolute Gasteiger partial charge is 0.412 e. The zero-order valence-corrected chi connectivity index (χ0v) is 22.7. The molecule has 3 N–H and O–H groups in total. The van der Waals surface area contributed by atoms with E-state index in [4.69, 9.17) is 4.74 Å². The lowest BCUT2D eigenvalue weighted by Gasteiger charge is -2.27. The molecule has 2 aromatic heterocycles. The molecule has 1 aliphatic heterocycles. The summed E-state index contributed by atoms with van der Waals surface area (Å²) >= 11 is 4.22. The van der Waals surface area contributed by atoms with Gasteiger partial charge in [0.15, 0.2) is 15.4 Å². The van der Waals surface area contributed by atoms with Crippen LogP contribution in [0, 0.1) is 0 Å². The summed E-state index contributed by atoms with van der Waals surface area (Å²) in [7, 11) is 0. The molecule has 0 atom stereocenters. The molecule has 3 heterocycles. The number of hydrogen-bond donors (Lipinski definition) is 3. The zero-order valence-electron chi connectivity index (χ0n) is 20.3. The Morgan fingerprint density at radius 3 is 2.54 bits per heavy atom. The SMILES string of the molecule is CC(C)(C)OC(=O)Nc1sc(Br)nc1C(=O)Nc1cnn(C2CC2)c1N1CCN(C(=O)O)CC(F)(F)C1. The van der Waals surface area contributed by atoms with Gasteiger partial charge >= 0.3 is 12.2 Å². The molecule has 3 amide bonds. The molecule has 1 aliphatic carbocycles. The van der Waals surface area contributed by atoms with Crippen molar-refractivity contribution < 1.29 is 33.0 Å². The summed E-state index contributed by atoms with van der Waals surface area (Å²) in [6.07, 6.45) is 0.776. The number of anilines is 3. The van der Waals surface area contributed by atoms with Crippen molar-refractivity contribution in [3.63, 3.8) is 0 Å². The molecule has 37 heavy (non-hydrogen) atoms. The number of carbonyl (C=O) groups excluding carboxylic acids is 2. The van der Waals surface area contributed by atoms with Crippen molar-refractivity contribution in [1.82, 2.24) is 19.7 Å². The molecule has 12 nitrogen and oxygen atoms in total. The third-order valence-corrected chi connectivity index (χ3v) is 6.82. The Hall–Kier alpha value is -3.01. The van der Waals surface area contributed by atoms with Gasteiger partial charge in [-0.2, -0.15) is 5.10 Å². The third kappa shape index (κ3) is 6.66. The number of amides is 3. The first-order valence-electron chi connectivity index (χ1n) is 11.4. The van der Waals surface area contributed by atoms with Crippen molar-refractivity contribution in [3.8, 4) is 0 Å². The fraction of sp³-hybridized carbons (Fsp3) is 0.571. The van der Waals surface area contributed by atoms with Crippen LogP contribution in [0.15, 0.2) is 10.1 Å². The maximum atomic E-state index is 14.7. The van der Waals surface area contributed by atoms with Gasteiger partial charge in [-0.15, -0.1) is 0 Å². The first-order chi connectivity index (χ1) is 17.2. The highest BCUT2D eigenvalue weighted by atomic mass is 79.9. The fourth-order valence-electron chi connectivity index (χ4n) is 3.81. The Bertz CT molecular complexity index is 1210. The molecule has 2 aliphatic rings. The number of aromatic nitrogens is 3. The van der Waals surface area contributed by atoms with E-state index >= 15 is 0 Å². The average molecular weight is 606 g/mol. The monoisotopic (exact) mass is 605 g/mol. The lowest BCUT2D eigenvalue weighted by Crippen LogP contribution is -2.41. The maximum Gasteiger partial charge on any atom is 0.412 e. The first-order valence-corrected chi connectivity index (χ1v) is 13.0. The number of nitrogens with one attached hydrogen (secondary N) is 2. The van der Waals surface area contributed by atoms with Crippen LogP contribution in [0.1, 0.15) is 50.1 Å². The predicted octanol–water partition coefficient (Wildman–Crippen LogP) is 4.47. The van der Waals surface area contributed by atoms with Crippen molar-refractivity contribution in [2.75, 3.05) is 41.7 Å². The molecule has 0 spiro atoms. The second-order valence-corrected chi connectivity index (χ2v) is 12.0. The van der Waals surface area contributed by atoms with Gasteiger partial charge in [0, 0.05) is 13.1 Å². The Balaban J connectivity index is 1.60. The van der Waals surface area contributed by atoms with Crippen LogP contribution in [0.25, 0.3) is 0 Å². The predicted molar refractivity (Wildman–Crippen MR) is 135 cm³/mol. The van der Waals surface area contributed by atoms with Gasteiger partial charge in [-0.25, -0.2) is 28.0 Å². The van der Waals surface area contributed by atoms with E-state index in [0.29, 0.717) is 8.82 Å². The van der Waals surface area contributed by atoms with Crippen molar-refractivity contribution >= 4 is 61.9 Å². The standard InChI is InChI=1S/C21H26BrF2N7O5S/c1-20(2,3)36-18(33)28-15-13(27-17(22)37-15)14(32)26-12-8-25-31(11-4-5-11)16(12)29-6-7-30(19(34)35)10-21(23,24)9-29/h8,11H,4-7,9-10H2,1-3H3,(H,26,32)(H,28,33)(H,34,35). The first kappa shape index (κ1) is 27.0. The third-order valence-electron chi connectivity index (χ3n) is 5.39. The van der Waals surface area contributed by atoms with Gasteiger partial charge < -0.3 is 25.0 Å². The molecule has 2 fully saturated rings. The average Bonchev–Trinajstić information content (AvgIpc) is 3.45. The summed E-state index contributed by atoms with van der Waals surface area (Å²) in [5, 5.41) is 18.9. The van der Waals surface area contributed by atoms with E-state index < -0.39 is 42.7 Å². The van der Waals surface area contributed by atoms with E-state index in [9.17, 15) is 28.3 Å². The quantitative estimate of drug-likeness (QED) is 0.453. The molecule has 0 aromatic carbocycles. The Labute approximate surface area is 223 Å². The fourth-order valence-corrected chi connectivity index (χ4v) is 5.15. The second kappa shape index (κ2) is 10.0. The summed E-state index contributed by atoms with van der Waals surface area (Å²) in [4.78, 5) is 43.0. The number of halogens is 3. The molecule has 0 radical (unpaired) electrons. The van der Waals surface area contributed by atoms with E-state index in [2.05, 4.69) is 36.6 Å². The Kier molecular flexibility index (Phi) is 7.34. The van der Waals surface area contributed by atoms with Crippen LogP contribution in [0.4, 0.5) is 34.9 Å². The zero-order chi connectivity index (χ0) is 27.1. The number of rotatable bonds is 5. The van der Waals surface area contributed by atoms with Crippen LogP contribution < -0.4 is 15.5 Å². The van der Waals surface area contributed by atoms with E-state index in [-0.39, 0.29) is 41.3 Å². The number of carboxylic acid groups (broad SMARTS) is 1. The Morgan fingerprint density at radius 1 is 1.22 bits per heavy atom. The normalized spacial score (nSPS) is 17.8. The highest BCUT2D eigenvalue weighted by molar-refractivity contribution is 9.11. The number of hydrogen-bond acceptors (Lipinski definition) is 8. The lowest BCUT2D eigenvalue weighted by atomic mass is 10.2. The van der Waals surface area contributed by atoms with E-state index in [1.54, 1.807) is 25.5 Å². The van der Waals surface area contributed by atoms with Crippen LogP contribution in [0.2, 0.25) is 0 Å². The number of nitrogens with zero attached hydrogens (tertiary/aromatic N) is 5. The topological polar surface area (TPSA) is 142 Å². The number of carbonyl (C=O) groups is 3. The summed E-state index contributed by atoms with van der Waals surface area (Å²) in [5.74, 6) is -3.75. The van der Waals surface area contributed by atoms with E-state index in [1.807, 2.05) is 0 Å². The van der Waals surface area contributed by atoms with Gasteiger partial charge in [-0.1, -0.05) is 11.3 Å². The van der Waals surface area contributed by atoms with Crippen molar-refractivity contribution in [1.29, 1.82) is 0 Å². The minimum absolute atomic E-state index is 0.00841. The van der Waals surface area contributed by atoms with Crippen molar-refractivity contribution in [2.24, 2.45) is 0 Å². The lowest BCUT2D eigenvalue weighted by molar-refractivity contribution is -0.0117. The van der Waals surface area contributed by atoms with Gasteiger partial charge in [0.1, 0.15) is 16.3 Å². The van der Waals surface area contributed by atoms with Crippen LogP contribution in [-0.4, -0.2) is 80.6 Å². The summed E-state index contributed by atoms with van der Waals surface area (Å²) < 4.78 is 36.5. The molecular weight excluding hydrogens is 580 g/mol. The second-order valence-electron chi connectivity index (χ2n) is 9.76. The van der Waals surface area contributed by atoms with Gasteiger partial charge in [-0.3, -0.25) is 10.1 Å². The highest BCUT2D eigenvalue weighted by Crippen LogP contribution is 2.42. The van der Waals surface area contributed by atoms with E-state index in [0.717, 1.165) is 24.2 Å². The molecule has 0 bridgehead atoms. The maximum absolute atomic E-state index is 14.7. The van der Waals surface area contributed by atoms with Gasteiger partial charge in [0.05, 0.1) is 25.3 Å². The highest BCUT2D eigenvalue weighted by Gasteiger charge is 2.41. The summed E-state index contributed by atoms with van der Waals surface area (Å²) in [6.45, 7) is 3.27. The van der Waals surface area contributed by atoms with Crippen molar-refractivity contribution in [3.05, 3.63) is 15.8 Å².